The summed E-state index contributed by atoms with van der Waals surface area (Å²) in [6, 6.07) is 5.35. The first-order chi connectivity index (χ1) is 13.5. The van der Waals surface area contributed by atoms with E-state index >= 15 is 0 Å². The molecule has 0 saturated heterocycles. The molecular weight excluding hydrogens is 398 g/mol. The third-order valence-electron chi connectivity index (χ3n) is 4.40. The van der Waals surface area contributed by atoms with Crippen molar-refractivity contribution in [2.24, 2.45) is 5.73 Å². The van der Waals surface area contributed by atoms with Crippen molar-refractivity contribution in [2.45, 2.75) is 42.6 Å². The molecule has 4 rings (SSSR count). The van der Waals surface area contributed by atoms with E-state index in [1.807, 2.05) is 16.7 Å². The molecule has 1 saturated carbocycles. The van der Waals surface area contributed by atoms with Crippen molar-refractivity contribution in [2.75, 3.05) is 5.32 Å². The average Bonchev–Trinajstić information content (AvgIpc) is 3.06. The van der Waals surface area contributed by atoms with Gasteiger partial charge < -0.3 is 15.5 Å². The summed E-state index contributed by atoms with van der Waals surface area (Å²) >= 11 is 2.59. The van der Waals surface area contributed by atoms with E-state index < -0.39 is 11.2 Å². The number of rotatable bonds is 8. The zero-order chi connectivity index (χ0) is 19.7. The maximum absolute atomic E-state index is 12.6. The molecule has 0 spiro atoms. The quantitative estimate of drug-likeness (QED) is 0.544. The molecule has 0 unspecified atom stereocenters. The van der Waals surface area contributed by atoms with Crippen molar-refractivity contribution in [1.82, 2.24) is 14.8 Å². The Labute approximate surface area is 169 Å². The Bertz CT molecular complexity index is 991. The first-order valence-corrected chi connectivity index (χ1v) is 10.6. The van der Waals surface area contributed by atoms with E-state index in [4.69, 9.17) is 10.2 Å². The number of nitrogens with two attached hydrogens (primary N) is 1. The molecule has 10 heteroatoms. The van der Waals surface area contributed by atoms with Crippen LogP contribution in [0, 0.1) is 0 Å². The van der Waals surface area contributed by atoms with Crippen LogP contribution in [-0.4, -0.2) is 31.8 Å². The highest BCUT2D eigenvalue weighted by molar-refractivity contribution is 8.00. The summed E-state index contributed by atoms with van der Waals surface area (Å²) in [7, 11) is 0. The van der Waals surface area contributed by atoms with Crippen LogP contribution in [0.3, 0.4) is 0 Å². The van der Waals surface area contributed by atoms with Gasteiger partial charge in [-0.1, -0.05) is 11.8 Å². The molecule has 3 N–H and O–H groups in total. The van der Waals surface area contributed by atoms with Gasteiger partial charge in [0.05, 0.1) is 23.6 Å². The molecule has 1 atom stereocenters. The Hall–Kier alpha value is -2.59. The predicted molar refractivity (Wildman–Crippen MR) is 107 cm³/mol. The van der Waals surface area contributed by atoms with Gasteiger partial charge in [-0.25, -0.2) is 0 Å². The van der Waals surface area contributed by atoms with Crippen LogP contribution in [0.4, 0.5) is 5.00 Å². The summed E-state index contributed by atoms with van der Waals surface area (Å²) in [5.41, 5.74) is 5.65. The number of thiophene rings is 1. The minimum Gasteiger partial charge on any atom is -0.467 e. The highest BCUT2D eigenvalue weighted by Crippen LogP contribution is 2.40. The minimum atomic E-state index is -0.566. The van der Waals surface area contributed by atoms with Crippen molar-refractivity contribution < 1.29 is 14.0 Å². The first-order valence-electron chi connectivity index (χ1n) is 8.83. The number of thioether (sulfide) groups is 1. The smallest absolute Gasteiger partial charge is 0.251 e. The number of primary amides is 1. The van der Waals surface area contributed by atoms with E-state index in [2.05, 4.69) is 15.5 Å². The molecule has 1 aliphatic carbocycles. The van der Waals surface area contributed by atoms with E-state index in [-0.39, 0.29) is 5.91 Å². The lowest BCUT2D eigenvalue weighted by Gasteiger charge is -2.13. The van der Waals surface area contributed by atoms with E-state index in [0.717, 1.165) is 24.4 Å². The predicted octanol–water partition coefficient (Wildman–Crippen LogP) is 3.08. The van der Waals surface area contributed by atoms with Crippen molar-refractivity contribution in [1.29, 1.82) is 0 Å². The number of carbonyl (C=O) groups excluding carboxylic acids is 2. The molecule has 0 aromatic carbocycles. The molecule has 28 heavy (non-hydrogen) atoms. The van der Waals surface area contributed by atoms with Gasteiger partial charge in [0, 0.05) is 5.92 Å². The Morgan fingerprint density at radius 1 is 1.43 bits per heavy atom. The standard InChI is InChI=1S/C18H19N5O3S2/c1-10(16(25)20-17-13(14(19)24)6-8-27-17)28-18-22-21-15(11-4-5-11)23(18)9-12-3-2-7-26-12/h2-3,6-8,10-11H,4-5,9H2,1H3,(H2,19,24)(H,20,25)/t10-/m1/s1. The number of hydrogen-bond donors (Lipinski definition) is 2. The third kappa shape index (κ3) is 3.97. The van der Waals surface area contributed by atoms with Gasteiger partial charge in [-0.3, -0.25) is 14.2 Å². The second kappa shape index (κ2) is 7.80. The van der Waals surface area contributed by atoms with E-state index in [9.17, 15) is 9.59 Å². The van der Waals surface area contributed by atoms with E-state index in [1.165, 1.54) is 23.1 Å². The molecule has 8 nitrogen and oxygen atoms in total. The first kappa shape index (κ1) is 18.8. The fraction of sp³-hybridized carbons (Fsp3) is 0.333. The number of hydrogen-bond acceptors (Lipinski definition) is 7. The highest BCUT2D eigenvalue weighted by atomic mass is 32.2. The van der Waals surface area contributed by atoms with Crippen LogP contribution in [0.2, 0.25) is 0 Å². The normalized spacial score (nSPS) is 14.8. The van der Waals surface area contributed by atoms with Crippen molar-refractivity contribution in [3.05, 3.63) is 47.0 Å². The molecule has 3 heterocycles. The molecule has 1 fully saturated rings. The van der Waals surface area contributed by atoms with Crippen molar-refractivity contribution in [3.8, 4) is 0 Å². The van der Waals surface area contributed by atoms with Gasteiger partial charge in [0.25, 0.3) is 5.91 Å². The number of nitrogens with zero attached hydrogens (tertiary/aromatic N) is 3. The van der Waals surface area contributed by atoms with Gasteiger partial charge in [0.2, 0.25) is 5.91 Å². The lowest BCUT2D eigenvalue weighted by atomic mass is 10.3. The second-order valence-corrected chi connectivity index (χ2v) is 8.78. The minimum absolute atomic E-state index is 0.226. The largest absolute Gasteiger partial charge is 0.467 e. The van der Waals surface area contributed by atoms with Crippen LogP contribution in [0.5, 0.6) is 0 Å². The maximum atomic E-state index is 12.6. The second-order valence-electron chi connectivity index (χ2n) is 6.56. The Morgan fingerprint density at radius 2 is 2.25 bits per heavy atom. The summed E-state index contributed by atoms with van der Waals surface area (Å²) in [6.45, 7) is 2.32. The molecule has 3 aromatic rings. The fourth-order valence-electron chi connectivity index (χ4n) is 2.76. The van der Waals surface area contributed by atoms with Crippen LogP contribution in [0.25, 0.3) is 0 Å². The average molecular weight is 418 g/mol. The Morgan fingerprint density at radius 3 is 2.93 bits per heavy atom. The Kier molecular flexibility index (Phi) is 5.23. The molecule has 2 amide bonds. The molecule has 3 aromatic heterocycles. The molecular formula is C18H19N5O3S2. The lowest BCUT2D eigenvalue weighted by Crippen LogP contribution is -2.24. The van der Waals surface area contributed by atoms with Crippen LogP contribution in [0.15, 0.2) is 39.4 Å². The van der Waals surface area contributed by atoms with Gasteiger partial charge in [-0.05, 0) is 43.3 Å². The lowest BCUT2D eigenvalue weighted by molar-refractivity contribution is -0.115. The summed E-state index contributed by atoms with van der Waals surface area (Å²) in [6.07, 6.45) is 3.84. The van der Waals surface area contributed by atoms with Crippen LogP contribution in [0.1, 0.15) is 47.6 Å². The topological polar surface area (TPSA) is 116 Å². The monoisotopic (exact) mass is 417 g/mol. The SMILES string of the molecule is C[C@@H](Sc1nnc(C2CC2)n1Cc1ccco1)C(=O)Nc1sccc1C(N)=O. The highest BCUT2D eigenvalue weighted by Gasteiger charge is 2.31. The molecule has 146 valence electrons. The number of aromatic nitrogens is 3. The summed E-state index contributed by atoms with van der Waals surface area (Å²) in [5, 5.41) is 13.8. The van der Waals surface area contributed by atoms with Gasteiger partial charge in [0.15, 0.2) is 5.16 Å². The van der Waals surface area contributed by atoms with Gasteiger partial charge in [-0.2, -0.15) is 0 Å². The van der Waals surface area contributed by atoms with Gasteiger partial charge in [0.1, 0.15) is 16.6 Å². The summed E-state index contributed by atoms with van der Waals surface area (Å²) < 4.78 is 7.49. The van der Waals surface area contributed by atoms with E-state index in [0.29, 0.717) is 28.2 Å². The van der Waals surface area contributed by atoms with Crippen molar-refractivity contribution >= 4 is 39.9 Å². The summed E-state index contributed by atoms with van der Waals surface area (Å²) in [5.74, 6) is 1.37. The molecule has 0 bridgehead atoms. The van der Waals surface area contributed by atoms with Gasteiger partial charge >= 0.3 is 0 Å². The number of anilines is 1. The molecule has 0 radical (unpaired) electrons. The Balaban J connectivity index is 1.49. The summed E-state index contributed by atoms with van der Waals surface area (Å²) in [4.78, 5) is 24.1. The number of nitrogens with one attached hydrogen (secondary N) is 1. The zero-order valence-electron chi connectivity index (χ0n) is 15.1. The van der Waals surface area contributed by atoms with Gasteiger partial charge in [-0.15, -0.1) is 21.5 Å². The van der Waals surface area contributed by atoms with E-state index in [1.54, 1.807) is 24.6 Å². The number of amides is 2. The van der Waals surface area contributed by atoms with Crippen LogP contribution < -0.4 is 11.1 Å². The van der Waals surface area contributed by atoms with Crippen molar-refractivity contribution in [3.63, 3.8) is 0 Å². The number of furan rings is 1. The molecule has 1 aliphatic rings. The van der Waals surface area contributed by atoms with Crippen LogP contribution in [-0.2, 0) is 11.3 Å². The van der Waals surface area contributed by atoms with Crippen LogP contribution >= 0.6 is 23.1 Å². The zero-order valence-corrected chi connectivity index (χ0v) is 16.8. The fourth-order valence-corrected chi connectivity index (χ4v) is 4.41. The number of carbonyl (C=O) groups is 2. The maximum Gasteiger partial charge on any atom is 0.251 e. The third-order valence-corrected chi connectivity index (χ3v) is 6.31. The molecule has 0 aliphatic heterocycles.